The number of nitrogens with zero attached hydrogens (tertiary/aromatic N) is 5. The van der Waals surface area contributed by atoms with Crippen LogP contribution in [-0.2, 0) is 11.3 Å². The topological polar surface area (TPSA) is 63.5 Å². The standard InChI is InChI=1S/C24H29N5O2/c1-5-12-27-14-18(3)28(15-17(27)2)21-10-7-11-22-23(21)25-26-29(22)16-19-8-6-9-20(13-19)24(30)31-4/h5-11,13,17-18H,1,12,14-16H2,2-4H3/t17-,18+/m1/s1. The first-order valence-electron chi connectivity index (χ1n) is 10.6. The van der Waals surface area contributed by atoms with Crippen LogP contribution in [0.3, 0.4) is 0 Å². The second-order valence-electron chi connectivity index (χ2n) is 8.18. The van der Waals surface area contributed by atoms with E-state index in [2.05, 4.69) is 52.7 Å². The Bertz CT molecular complexity index is 1090. The van der Waals surface area contributed by atoms with E-state index in [-0.39, 0.29) is 5.97 Å². The summed E-state index contributed by atoms with van der Waals surface area (Å²) in [5, 5.41) is 8.96. The number of hydrogen-bond donors (Lipinski definition) is 0. The number of aromatic nitrogens is 3. The molecule has 2 atom stereocenters. The largest absolute Gasteiger partial charge is 0.465 e. The number of fused-ring (bicyclic) bond motifs is 1. The highest BCUT2D eigenvalue weighted by Crippen LogP contribution is 2.29. The Hall–Kier alpha value is -3.19. The van der Waals surface area contributed by atoms with E-state index < -0.39 is 0 Å². The van der Waals surface area contributed by atoms with Crippen molar-refractivity contribution in [3.8, 4) is 0 Å². The molecule has 0 N–H and O–H groups in total. The fourth-order valence-corrected chi connectivity index (χ4v) is 4.37. The average molecular weight is 420 g/mol. The molecule has 0 aliphatic carbocycles. The molecule has 2 aromatic carbocycles. The minimum atomic E-state index is -0.341. The molecule has 1 aromatic heterocycles. The lowest BCUT2D eigenvalue weighted by atomic mass is 10.1. The molecule has 0 amide bonds. The summed E-state index contributed by atoms with van der Waals surface area (Å²) in [6.07, 6.45) is 1.97. The Balaban J connectivity index is 1.62. The van der Waals surface area contributed by atoms with Gasteiger partial charge in [0, 0.05) is 31.7 Å². The second kappa shape index (κ2) is 8.89. The molecule has 1 aliphatic heterocycles. The average Bonchev–Trinajstić information content (AvgIpc) is 3.19. The third-order valence-corrected chi connectivity index (χ3v) is 5.99. The van der Waals surface area contributed by atoms with Gasteiger partial charge in [-0.05, 0) is 43.7 Å². The first kappa shape index (κ1) is 21.1. The summed E-state index contributed by atoms with van der Waals surface area (Å²) in [7, 11) is 1.39. The summed E-state index contributed by atoms with van der Waals surface area (Å²) in [5.41, 5.74) is 4.51. The highest BCUT2D eigenvalue weighted by atomic mass is 16.5. The first-order valence-corrected chi connectivity index (χ1v) is 10.6. The van der Waals surface area contributed by atoms with E-state index in [0.717, 1.165) is 41.9 Å². The third kappa shape index (κ3) is 4.18. The summed E-state index contributed by atoms with van der Waals surface area (Å²) < 4.78 is 6.72. The number of methoxy groups -OCH3 is 1. The normalized spacial score (nSPS) is 19.5. The van der Waals surface area contributed by atoms with Crippen molar-refractivity contribution in [1.29, 1.82) is 0 Å². The van der Waals surface area contributed by atoms with Crippen molar-refractivity contribution >= 4 is 22.7 Å². The Morgan fingerprint density at radius 2 is 2.00 bits per heavy atom. The molecule has 0 saturated carbocycles. The van der Waals surface area contributed by atoms with E-state index in [1.165, 1.54) is 7.11 Å². The van der Waals surface area contributed by atoms with Crippen molar-refractivity contribution in [2.45, 2.75) is 32.5 Å². The monoisotopic (exact) mass is 419 g/mol. The van der Waals surface area contributed by atoms with E-state index in [9.17, 15) is 4.79 Å². The molecule has 162 valence electrons. The van der Waals surface area contributed by atoms with Crippen LogP contribution in [0.2, 0.25) is 0 Å². The number of esters is 1. The van der Waals surface area contributed by atoms with Crippen LogP contribution >= 0.6 is 0 Å². The molecule has 0 spiro atoms. The Labute approximate surface area is 182 Å². The Morgan fingerprint density at radius 3 is 2.77 bits per heavy atom. The smallest absolute Gasteiger partial charge is 0.337 e. The van der Waals surface area contributed by atoms with Gasteiger partial charge in [0.1, 0.15) is 5.52 Å². The molecule has 31 heavy (non-hydrogen) atoms. The molecule has 3 aromatic rings. The van der Waals surface area contributed by atoms with Crippen molar-refractivity contribution in [2.75, 3.05) is 31.6 Å². The second-order valence-corrected chi connectivity index (χ2v) is 8.18. The lowest BCUT2D eigenvalue weighted by Crippen LogP contribution is -2.56. The maximum atomic E-state index is 11.9. The van der Waals surface area contributed by atoms with Gasteiger partial charge in [0.2, 0.25) is 0 Å². The zero-order valence-electron chi connectivity index (χ0n) is 18.4. The number of hydrogen-bond acceptors (Lipinski definition) is 6. The molecule has 1 fully saturated rings. The van der Waals surface area contributed by atoms with Crippen molar-refractivity contribution in [2.24, 2.45) is 0 Å². The van der Waals surface area contributed by atoms with E-state index in [1.54, 1.807) is 6.07 Å². The summed E-state index contributed by atoms with van der Waals surface area (Å²) >= 11 is 0. The molecule has 0 unspecified atom stereocenters. The number of anilines is 1. The van der Waals surface area contributed by atoms with Crippen LogP contribution in [-0.4, -0.2) is 64.7 Å². The maximum Gasteiger partial charge on any atom is 0.337 e. The van der Waals surface area contributed by atoms with Gasteiger partial charge in [-0.25, -0.2) is 9.48 Å². The van der Waals surface area contributed by atoms with Gasteiger partial charge in [-0.1, -0.05) is 29.5 Å². The van der Waals surface area contributed by atoms with Crippen LogP contribution in [0.4, 0.5) is 5.69 Å². The van der Waals surface area contributed by atoms with E-state index in [0.29, 0.717) is 24.2 Å². The lowest BCUT2D eigenvalue weighted by molar-refractivity contribution is 0.0600. The Morgan fingerprint density at radius 1 is 1.19 bits per heavy atom. The van der Waals surface area contributed by atoms with Crippen LogP contribution in [0.5, 0.6) is 0 Å². The zero-order valence-corrected chi connectivity index (χ0v) is 18.4. The van der Waals surface area contributed by atoms with E-state index in [4.69, 9.17) is 4.74 Å². The van der Waals surface area contributed by atoms with E-state index in [1.807, 2.05) is 35.0 Å². The predicted molar refractivity (Wildman–Crippen MR) is 122 cm³/mol. The first-order chi connectivity index (χ1) is 15.0. The SMILES string of the molecule is C=CCN1C[C@H](C)N(c2cccc3c2nnn3Cc2cccc(C(=O)OC)c2)C[C@H]1C. The highest BCUT2D eigenvalue weighted by Gasteiger charge is 2.30. The third-order valence-electron chi connectivity index (χ3n) is 5.99. The molecular formula is C24H29N5O2. The van der Waals surface area contributed by atoms with Gasteiger partial charge < -0.3 is 9.64 Å². The molecule has 4 rings (SSSR count). The summed E-state index contributed by atoms with van der Waals surface area (Å²) in [6, 6.07) is 14.5. The van der Waals surface area contributed by atoms with E-state index >= 15 is 0 Å². The molecule has 0 radical (unpaired) electrons. The van der Waals surface area contributed by atoms with Gasteiger partial charge in [0.25, 0.3) is 0 Å². The molecule has 1 aliphatic rings. The molecule has 2 heterocycles. The van der Waals surface area contributed by atoms with Crippen LogP contribution in [0, 0.1) is 0 Å². The van der Waals surface area contributed by atoms with Crippen molar-refractivity contribution in [1.82, 2.24) is 19.9 Å². The lowest BCUT2D eigenvalue weighted by Gasteiger charge is -2.45. The van der Waals surface area contributed by atoms with Crippen molar-refractivity contribution in [3.63, 3.8) is 0 Å². The Kier molecular flexibility index (Phi) is 6.04. The van der Waals surface area contributed by atoms with Gasteiger partial charge in [-0.15, -0.1) is 11.7 Å². The summed E-state index contributed by atoms with van der Waals surface area (Å²) in [6.45, 7) is 11.8. The molecule has 0 bridgehead atoms. The predicted octanol–water partition coefficient (Wildman–Crippen LogP) is 3.35. The number of ether oxygens (including phenoxy) is 1. The van der Waals surface area contributed by atoms with Crippen LogP contribution in [0.25, 0.3) is 11.0 Å². The molecule has 1 saturated heterocycles. The van der Waals surface area contributed by atoms with Gasteiger partial charge in [0.15, 0.2) is 0 Å². The summed E-state index contributed by atoms with van der Waals surface area (Å²) in [4.78, 5) is 16.7. The minimum absolute atomic E-state index is 0.341. The fraction of sp³-hybridized carbons (Fsp3) is 0.375. The molecule has 7 heteroatoms. The van der Waals surface area contributed by atoms with Gasteiger partial charge in [-0.2, -0.15) is 0 Å². The number of piperazine rings is 1. The van der Waals surface area contributed by atoms with Gasteiger partial charge in [-0.3, -0.25) is 4.90 Å². The highest BCUT2D eigenvalue weighted by molar-refractivity contribution is 5.90. The fourth-order valence-electron chi connectivity index (χ4n) is 4.37. The van der Waals surface area contributed by atoms with Crippen molar-refractivity contribution in [3.05, 3.63) is 66.2 Å². The maximum absolute atomic E-state index is 11.9. The number of carbonyl (C=O) groups is 1. The number of benzene rings is 2. The van der Waals surface area contributed by atoms with Crippen molar-refractivity contribution < 1.29 is 9.53 Å². The summed E-state index contributed by atoms with van der Waals surface area (Å²) in [5.74, 6) is -0.341. The van der Waals surface area contributed by atoms with Crippen LogP contribution in [0.1, 0.15) is 29.8 Å². The molecular weight excluding hydrogens is 390 g/mol. The van der Waals surface area contributed by atoms with Crippen LogP contribution in [0.15, 0.2) is 55.1 Å². The minimum Gasteiger partial charge on any atom is -0.465 e. The number of carbonyl (C=O) groups excluding carboxylic acids is 1. The van der Waals surface area contributed by atoms with Gasteiger partial charge in [0.05, 0.1) is 30.4 Å². The van der Waals surface area contributed by atoms with Crippen LogP contribution < -0.4 is 4.90 Å². The van der Waals surface area contributed by atoms with Gasteiger partial charge >= 0.3 is 5.97 Å². The number of rotatable bonds is 6. The zero-order chi connectivity index (χ0) is 22.0. The molecule has 7 nitrogen and oxygen atoms in total. The quantitative estimate of drug-likeness (QED) is 0.451.